The molecule has 1 aromatic rings. The van der Waals surface area contributed by atoms with Crippen LogP contribution in [0.15, 0.2) is 18.2 Å². The molecule has 0 radical (unpaired) electrons. The van der Waals surface area contributed by atoms with E-state index in [1.807, 2.05) is 19.1 Å². The third-order valence-electron chi connectivity index (χ3n) is 3.06. The van der Waals surface area contributed by atoms with Crippen LogP contribution in [-0.2, 0) is 11.2 Å². The highest BCUT2D eigenvalue weighted by Crippen LogP contribution is 2.23. The molecule has 1 rings (SSSR count). The van der Waals surface area contributed by atoms with E-state index in [-0.39, 0.29) is 12.1 Å². The summed E-state index contributed by atoms with van der Waals surface area (Å²) in [7, 11) is 0. The van der Waals surface area contributed by atoms with Crippen LogP contribution in [0.3, 0.4) is 0 Å². The summed E-state index contributed by atoms with van der Waals surface area (Å²) in [5, 5.41) is 1.38. The first-order valence-corrected chi connectivity index (χ1v) is 7.39. The number of benzene rings is 1. The zero-order valence-corrected chi connectivity index (χ0v) is 13.0. The van der Waals surface area contributed by atoms with E-state index in [1.54, 1.807) is 6.07 Å². The maximum absolute atomic E-state index is 6.19. The highest BCUT2D eigenvalue weighted by atomic mass is 35.5. The van der Waals surface area contributed by atoms with Gasteiger partial charge in [0.15, 0.2) is 0 Å². The van der Waals surface area contributed by atoms with Gasteiger partial charge in [0.25, 0.3) is 0 Å². The molecule has 2 atom stereocenters. The quantitative estimate of drug-likeness (QED) is 0.570. The smallest absolute Gasteiger partial charge is 0.0744 e. The lowest BCUT2D eigenvalue weighted by molar-refractivity contribution is 0.0281. The lowest BCUT2D eigenvalue weighted by atomic mass is 9.98. The number of hydrogen-bond acceptors (Lipinski definition) is 3. The van der Waals surface area contributed by atoms with Gasteiger partial charge in [0.05, 0.1) is 12.1 Å². The molecule has 0 aliphatic heterocycles. The van der Waals surface area contributed by atoms with Crippen molar-refractivity contribution in [3.05, 3.63) is 33.8 Å². The summed E-state index contributed by atoms with van der Waals surface area (Å²) in [5.41, 5.74) is 3.82. The molecule has 0 aromatic heterocycles. The second-order valence-electron chi connectivity index (χ2n) is 4.50. The second-order valence-corrected chi connectivity index (χ2v) is 5.34. The predicted octanol–water partition coefficient (Wildman–Crippen LogP) is 3.57. The largest absolute Gasteiger partial charge is 0.377 e. The Morgan fingerprint density at radius 1 is 1.32 bits per heavy atom. The number of halogens is 2. The summed E-state index contributed by atoms with van der Waals surface area (Å²) in [6, 6.07) is 5.49. The first-order valence-electron chi connectivity index (χ1n) is 6.64. The van der Waals surface area contributed by atoms with E-state index in [4.69, 9.17) is 33.8 Å². The Labute approximate surface area is 125 Å². The lowest BCUT2D eigenvalue weighted by Gasteiger charge is -2.26. The van der Waals surface area contributed by atoms with Crippen LogP contribution in [0.2, 0.25) is 10.0 Å². The van der Waals surface area contributed by atoms with Crippen molar-refractivity contribution in [2.45, 2.75) is 45.3 Å². The molecule has 0 heterocycles. The highest BCUT2D eigenvalue weighted by Gasteiger charge is 2.21. The number of hydrazine groups is 1. The molecule has 0 fully saturated rings. The summed E-state index contributed by atoms with van der Waals surface area (Å²) in [5.74, 6) is 5.66. The van der Waals surface area contributed by atoms with Crippen molar-refractivity contribution in [1.29, 1.82) is 0 Å². The molecule has 0 spiro atoms. The third-order valence-corrected chi connectivity index (χ3v) is 3.67. The number of nitrogens with one attached hydrogen (secondary N) is 1. The van der Waals surface area contributed by atoms with Gasteiger partial charge in [-0.05, 0) is 43.5 Å². The molecule has 0 bridgehead atoms. The average Bonchev–Trinajstić information content (AvgIpc) is 2.39. The van der Waals surface area contributed by atoms with Gasteiger partial charge in [-0.1, -0.05) is 36.5 Å². The van der Waals surface area contributed by atoms with Gasteiger partial charge in [0.1, 0.15) is 0 Å². The van der Waals surface area contributed by atoms with Crippen molar-refractivity contribution in [3.8, 4) is 0 Å². The van der Waals surface area contributed by atoms with E-state index in [0.717, 1.165) is 18.4 Å². The van der Waals surface area contributed by atoms with Crippen LogP contribution in [0.4, 0.5) is 0 Å². The number of nitrogens with two attached hydrogens (primary N) is 1. The van der Waals surface area contributed by atoms with Gasteiger partial charge in [-0.15, -0.1) is 0 Å². The van der Waals surface area contributed by atoms with Gasteiger partial charge in [0, 0.05) is 16.7 Å². The zero-order valence-electron chi connectivity index (χ0n) is 11.5. The first kappa shape index (κ1) is 16.7. The van der Waals surface area contributed by atoms with Crippen molar-refractivity contribution < 1.29 is 4.74 Å². The minimum absolute atomic E-state index is 0.0240. The van der Waals surface area contributed by atoms with Gasteiger partial charge in [-0.2, -0.15) is 0 Å². The highest BCUT2D eigenvalue weighted by molar-refractivity contribution is 6.33. The van der Waals surface area contributed by atoms with Gasteiger partial charge in [0.2, 0.25) is 0 Å². The molecule has 3 nitrogen and oxygen atoms in total. The van der Waals surface area contributed by atoms with Crippen LogP contribution in [0.1, 0.15) is 32.3 Å². The maximum Gasteiger partial charge on any atom is 0.0744 e. The Kier molecular flexibility index (Phi) is 7.73. The number of rotatable bonds is 8. The normalized spacial score (nSPS) is 14.4. The topological polar surface area (TPSA) is 47.3 Å². The van der Waals surface area contributed by atoms with E-state index in [1.165, 1.54) is 0 Å². The fourth-order valence-corrected chi connectivity index (χ4v) is 2.52. The minimum Gasteiger partial charge on any atom is -0.377 e. The summed E-state index contributed by atoms with van der Waals surface area (Å²) < 4.78 is 5.76. The van der Waals surface area contributed by atoms with E-state index >= 15 is 0 Å². The molecule has 0 saturated carbocycles. The Hall–Kier alpha value is -0.320. The molecule has 5 heteroatoms. The van der Waals surface area contributed by atoms with Crippen LogP contribution >= 0.6 is 23.2 Å². The molecular weight excluding hydrogens is 283 g/mol. The molecule has 3 N–H and O–H groups in total. The summed E-state index contributed by atoms with van der Waals surface area (Å²) in [4.78, 5) is 0. The van der Waals surface area contributed by atoms with Crippen molar-refractivity contribution >= 4 is 23.2 Å². The summed E-state index contributed by atoms with van der Waals surface area (Å²) in [6.45, 7) is 4.79. The SMILES string of the molecule is CCCC(OCC)C(Cc1cc(Cl)ccc1Cl)NN. The van der Waals surface area contributed by atoms with Crippen LogP contribution < -0.4 is 11.3 Å². The molecule has 0 amide bonds. The van der Waals surface area contributed by atoms with E-state index in [9.17, 15) is 0 Å². The van der Waals surface area contributed by atoms with Gasteiger partial charge >= 0.3 is 0 Å². The van der Waals surface area contributed by atoms with Crippen molar-refractivity contribution in [3.63, 3.8) is 0 Å². The maximum atomic E-state index is 6.19. The molecule has 0 saturated heterocycles. The van der Waals surface area contributed by atoms with Crippen LogP contribution in [-0.4, -0.2) is 18.8 Å². The first-order chi connectivity index (χ1) is 9.12. The molecule has 19 heavy (non-hydrogen) atoms. The van der Waals surface area contributed by atoms with Crippen LogP contribution in [0, 0.1) is 0 Å². The van der Waals surface area contributed by atoms with Crippen molar-refractivity contribution in [2.75, 3.05) is 6.61 Å². The van der Waals surface area contributed by atoms with E-state index < -0.39 is 0 Å². The Morgan fingerprint density at radius 2 is 2.05 bits per heavy atom. The third kappa shape index (κ3) is 5.28. The standard InChI is InChI=1S/C14H22Cl2N2O/c1-3-5-14(19-4-2)13(18-17)9-10-8-11(15)6-7-12(10)16/h6-8,13-14,18H,3-5,9,17H2,1-2H3. The fraction of sp³-hybridized carbons (Fsp3) is 0.571. The number of hydrogen-bond donors (Lipinski definition) is 2. The summed E-state index contributed by atoms with van der Waals surface area (Å²) >= 11 is 12.2. The molecule has 108 valence electrons. The van der Waals surface area contributed by atoms with Crippen molar-refractivity contribution in [2.24, 2.45) is 5.84 Å². The van der Waals surface area contributed by atoms with Gasteiger partial charge in [-0.25, -0.2) is 0 Å². The van der Waals surface area contributed by atoms with Crippen LogP contribution in [0.25, 0.3) is 0 Å². The van der Waals surface area contributed by atoms with Gasteiger partial charge in [-0.3, -0.25) is 11.3 Å². The molecule has 0 aliphatic carbocycles. The zero-order chi connectivity index (χ0) is 14.3. The number of ether oxygens (including phenoxy) is 1. The average molecular weight is 305 g/mol. The van der Waals surface area contributed by atoms with Gasteiger partial charge < -0.3 is 4.74 Å². The van der Waals surface area contributed by atoms with Crippen molar-refractivity contribution in [1.82, 2.24) is 5.43 Å². The fourth-order valence-electron chi connectivity index (χ4n) is 2.13. The molecule has 2 unspecified atom stereocenters. The van der Waals surface area contributed by atoms with E-state index in [0.29, 0.717) is 23.1 Å². The molecule has 1 aromatic carbocycles. The Bertz CT molecular complexity index is 382. The summed E-state index contributed by atoms with van der Waals surface area (Å²) in [6.07, 6.45) is 2.78. The Balaban J connectivity index is 2.81. The lowest BCUT2D eigenvalue weighted by Crippen LogP contribution is -2.46. The molecular formula is C14H22Cl2N2O. The monoisotopic (exact) mass is 304 g/mol. The van der Waals surface area contributed by atoms with Crippen LogP contribution in [0.5, 0.6) is 0 Å². The molecule has 0 aliphatic rings. The van der Waals surface area contributed by atoms with E-state index in [2.05, 4.69) is 12.3 Å². The second kappa shape index (κ2) is 8.77. The predicted molar refractivity (Wildman–Crippen MR) is 81.6 cm³/mol. The Morgan fingerprint density at radius 3 is 2.63 bits per heavy atom. The minimum atomic E-state index is 0.0240.